The minimum atomic E-state index is 0.371. The molecule has 0 aliphatic carbocycles. The molecule has 21 heavy (non-hydrogen) atoms. The summed E-state index contributed by atoms with van der Waals surface area (Å²) in [5.74, 6) is 1.86. The van der Waals surface area contributed by atoms with Crippen LogP contribution in [0.2, 0.25) is 0 Å². The van der Waals surface area contributed by atoms with Gasteiger partial charge in [0.05, 0.1) is 19.8 Å². The molecule has 1 aromatic heterocycles. The van der Waals surface area contributed by atoms with Crippen LogP contribution in [0.1, 0.15) is 19.7 Å². The SMILES string of the molecule is CCNc1cc(OCCOCCOC)nc(COCC)n1. The second-order valence-electron chi connectivity index (χ2n) is 4.13. The van der Waals surface area contributed by atoms with Gasteiger partial charge in [-0.15, -0.1) is 0 Å². The van der Waals surface area contributed by atoms with E-state index in [1.807, 2.05) is 13.8 Å². The molecule has 7 heteroatoms. The predicted octanol–water partition coefficient (Wildman–Crippen LogP) is 1.49. The quantitative estimate of drug-likeness (QED) is 0.586. The Labute approximate surface area is 126 Å². The Morgan fingerprint density at radius 2 is 1.86 bits per heavy atom. The topological polar surface area (TPSA) is 74.7 Å². The van der Waals surface area contributed by atoms with Crippen molar-refractivity contribution in [1.29, 1.82) is 0 Å². The number of nitrogens with zero attached hydrogens (tertiary/aromatic N) is 2. The van der Waals surface area contributed by atoms with Crippen LogP contribution in [-0.2, 0) is 20.8 Å². The zero-order valence-corrected chi connectivity index (χ0v) is 13.1. The van der Waals surface area contributed by atoms with Gasteiger partial charge in [0.25, 0.3) is 0 Å². The van der Waals surface area contributed by atoms with Gasteiger partial charge in [-0.1, -0.05) is 0 Å². The average molecular weight is 299 g/mol. The molecule has 1 N–H and O–H groups in total. The van der Waals surface area contributed by atoms with Crippen molar-refractivity contribution < 1.29 is 18.9 Å². The molecule has 0 amide bonds. The van der Waals surface area contributed by atoms with Gasteiger partial charge in [-0.25, -0.2) is 4.98 Å². The Bertz CT molecular complexity index is 390. The third kappa shape index (κ3) is 7.79. The highest BCUT2D eigenvalue weighted by molar-refractivity contribution is 5.38. The summed E-state index contributed by atoms with van der Waals surface area (Å²) < 4.78 is 21.1. The third-order valence-electron chi connectivity index (χ3n) is 2.45. The van der Waals surface area contributed by atoms with E-state index in [9.17, 15) is 0 Å². The average Bonchev–Trinajstić information content (AvgIpc) is 2.49. The highest BCUT2D eigenvalue weighted by Gasteiger charge is 2.05. The van der Waals surface area contributed by atoms with Gasteiger partial charge in [0, 0.05) is 26.3 Å². The van der Waals surface area contributed by atoms with Gasteiger partial charge in [0.1, 0.15) is 19.0 Å². The van der Waals surface area contributed by atoms with Crippen molar-refractivity contribution in [2.45, 2.75) is 20.5 Å². The molecule has 120 valence electrons. The third-order valence-corrected chi connectivity index (χ3v) is 2.45. The molecule has 0 aromatic carbocycles. The Hall–Kier alpha value is -1.44. The van der Waals surface area contributed by atoms with Crippen molar-refractivity contribution in [2.24, 2.45) is 0 Å². The number of hydrogen-bond donors (Lipinski definition) is 1. The summed E-state index contributed by atoms with van der Waals surface area (Å²) in [5.41, 5.74) is 0. The molecule has 0 aliphatic rings. The summed E-state index contributed by atoms with van der Waals surface area (Å²) >= 11 is 0. The minimum absolute atomic E-state index is 0.371. The summed E-state index contributed by atoms with van der Waals surface area (Å²) in [6, 6.07) is 1.77. The molecule has 1 heterocycles. The molecule has 0 aliphatic heterocycles. The van der Waals surface area contributed by atoms with Crippen molar-refractivity contribution in [1.82, 2.24) is 9.97 Å². The Morgan fingerprint density at radius 3 is 2.57 bits per heavy atom. The first-order chi connectivity index (χ1) is 10.3. The molecule has 0 saturated carbocycles. The van der Waals surface area contributed by atoms with E-state index in [0.29, 0.717) is 51.3 Å². The van der Waals surface area contributed by atoms with Gasteiger partial charge in [0.15, 0.2) is 5.82 Å². The summed E-state index contributed by atoms with van der Waals surface area (Å²) in [4.78, 5) is 8.66. The van der Waals surface area contributed by atoms with E-state index in [1.165, 1.54) is 0 Å². The van der Waals surface area contributed by atoms with E-state index in [2.05, 4.69) is 15.3 Å². The monoisotopic (exact) mass is 299 g/mol. The molecule has 0 atom stereocenters. The van der Waals surface area contributed by atoms with E-state index < -0.39 is 0 Å². The summed E-state index contributed by atoms with van der Waals surface area (Å²) in [6.45, 7) is 7.78. The number of rotatable bonds is 12. The van der Waals surface area contributed by atoms with Crippen LogP contribution in [0.25, 0.3) is 0 Å². The summed E-state index contributed by atoms with van der Waals surface area (Å²) in [7, 11) is 1.64. The number of anilines is 1. The van der Waals surface area contributed by atoms with Crippen LogP contribution < -0.4 is 10.1 Å². The first-order valence-corrected chi connectivity index (χ1v) is 7.19. The van der Waals surface area contributed by atoms with Crippen molar-refractivity contribution >= 4 is 5.82 Å². The van der Waals surface area contributed by atoms with E-state index in [4.69, 9.17) is 18.9 Å². The number of ether oxygens (including phenoxy) is 4. The van der Waals surface area contributed by atoms with Gasteiger partial charge in [0.2, 0.25) is 5.88 Å². The molecule has 0 unspecified atom stereocenters. The summed E-state index contributed by atoms with van der Waals surface area (Å²) in [5, 5.41) is 3.15. The Morgan fingerprint density at radius 1 is 1.05 bits per heavy atom. The fraction of sp³-hybridized carbons (Fsp3) is 0.714. The molecule has 1 aromatic rings. The minimum Gasteiger partial charge on any atom is -0.475 e. The van der Waals surface area contributed by atoms with Crippen LogP contribution in [0.3, 0.4) is 0 Å². The van der Waals surface area contributed by atoms with Crippen molar-refractivity contribution in [3.05, 3.63) is 11.9 Å². The molecule has 0 saturated heterocycles. The van der Waals surface area contributed by atoms with E-state index in [1.54, 1.807) is 13.2 Å². The second kappa shape index (κ2) is 11.2. The van der Waals surface area contributed by atoms with Crippen molar-refractivity contribution in [3.8, 4) is 5.88 Å². The van der Waals surface area contributed by atoms with Crippen LogP contribution in [0.15, 0.2) is 6.07 Å². The Balaban J connectivity index is 2.48. The number of aromatic nitrogens is 2. The standard InChI is InChI=1S/C14H25N3O4/c1-4-15-12-10-14(17-13(16-12)11-19-5-2)21-9-8-20-7-6-18-3/h10H,4-9,11H2,1-3H3,(H,15,16,17). The maximum atomic E-state index is 5.58. The molecule has 7 nitrogen and oxygen atoms in total. The number of methoxy groups -OCH3 is 1. The fourth-order valence-electron chi connectivity index (χ4n) is 1.53. The number of hydrogen-bond acceptors (Lipinski definition) is 7. The molecule has 0 radical (unpaired) electrons. The van der Waals surface area contributed by atoms with Crippen LogP contribution in [0.5, 0.6) is 5.88 Å². The smallest absolute Gasteiger partial charge is 0.218 e. The first kappa shape index (κ1) is 17.6. The zero-order valence-electron chi connectivity index (χ0n) is 13.1. The highest BCUT2D eigenvalue weighted by Crippen LogP contribution is 2.14. The Kier molecular flexibility index (Phi) is 9.43. The van der Waals surface area contributed by atoms with Gasteiger partial charge >= 0.3 is 0 Å². The van der Waals surface area contributed by atoms with E-state index >= 15 is 0 Å². The van der Waals surface area contributed by atoms with E-state index in [-0.39, 0.29) is 0 Å². The lowest BCUT2D eigenvalue weighted by molar-refractivity contribution is 0.0534. The van der Waals surface area contributed by atoms with Crippen molar-refractivity contribution in [3.63, 3.8) is 0 Å². The molecular weight excluding hydrogens is 274 g/mol. The lowest BCUT2D eigenvalue weighted by atomic mass is 10.5. The van der Waals surface area contributed by atoms with Gasteiger partial charge in [-0.3, -0.25) is 0 Å². The molecule has 0 spiro atoms. The van der Waals surface area contributed by atoms with E-state index in [0.717, 1.165) is 12.4 Å². The van der Waals surface area contributed by atoms with Crippen molar-refractivity contribution in [2.75, 3.05) is 52.0 Å². The first-order valence-electron chi connectivity index (χ1n) is 7.19. The zero-order chi connectivity index (χ0) is 15.3. The van der Waals surface area contributed by atoms with Gasteiger partial charge in [-0.2, -0.15) is 4.98 Å². The predicted molar refractivity (Wildman–Crippen MR) is 79.7 cm³/mol. The van der Waals surface area contributed by atoms with Crippen LogP contribution in [0.4, 0.5) is 5.82 Å². The molecule has 1 rings (SSSR count). The van der Waals surface area contributed by atoms with Crippen LogP contribution in [0, 0.1) is 0 Å². The lowest BCUT2D eigenvalue weighted by Crippen LogP contribution is -2.12. The lowest BCUT2D eigenvalue weighted by Gasteiger charge is -2.10. The normalized spacial score (nSPS) is 10.6. The van der Waals surface area contributed by atoms with Crippen LogP contribution >= 0.6 is 0 Å². The molecule has 0 bridgehead atoms. The van der Waals surface area contributed by atoms with Gasteiger partial charge < -0.3 is 24.3 Å². The maximum absolute atomic E-state index is 5.58. The number of nitrogens with one attached hydrogen (secondary N) is 1. The molecule has 0 fully saturated rings. The summed E-state index contributed by atoms with van der Waals surface area (Å²) in [6.07, 6.45) is 0. The second-order valence-corrected chi connectivity index (χ2v) is 4.13. The largest absolute Gasteiger partial charge is 0.475 e. The molecular formula is C14H25N3O4. The van der Waals surface area contributed by atoms with Gasteiger partial charge in [-0.05, 0) is 13.8 Å². The fourth-order valence-corrected chi connectivity index (χ4v) is 1.53. The highest BCUT2D eigenvalue weighted by atomic mass is 16.5. The van der Waals surface area contributed by atoms with Crippen LogP contribution in [-0.4, -0.2) is 56.7 Å². The maximum Gasteiger partial charge on any atom is 0.218 e.